The van der Waals surface area contributed by atoms with Crippen molar-refractivity contribution in [3.63, 3.8) is 0 Å². The van der Waals surface area contributed by atoms with Crippen LogP contribution in [-0.2, 0) is 23.6 Å². The molecule has 0 amide bonds. The van der Waals surface area contributed by atoms with Crippen LogP contribution in [0.3, 0.4) is 0 Å². The highest BCUT2D eigenvalue weighted by molar-refractivity contribution is 7.92. The number of aromatic nitrogens is 3. The van der Waals surface area contributed by atoms with E-state index in [2.05, 4.69) is 5.10 Å². The van der Waals surface area contributed by atoms with E-state index in [1.54, 1.807) is 17.7 Å². The summed E-state index contributed by atoms with van der Waals surface area (Å²) in [5.41, 5.74) is 0.731. The van der Waals surface area contributed by atoms with E-state index in [1.807, 2.05) is 37.3 Å². The molecule has 0 aliphatic carbocycles. The Hall–Kier alpha value is -2.19. The fourth-order valence-electron chi connectivity index (χ4n) is 3.31. The van der Waals surface area contributed by atoms with Crippen LogP contribution < -0.4 is 5.69 Å². The molecule has 3 rings (SSSR count). The van der Waals surface area contributed by atoms with E-state index < -0.39 is 10.0 Å². The number of nitrogens with zero attached hydrogens (tertiary/aromatic N) is 4. The van der Waals surface area contributed by atoms with Gasteiger partial charge in [0.05, 0.1) is 0 Å². The van der Waals surface area contributed by atoms with Gasteiger partial charge in [0, 0.05) is 38.0 Å². The van der Waals surface area contributed by atoms with Crippen molar-refractivity contribution in [1.29, 1.82) is 0 Å². The van der Waals surface area contributed by atoms with Gasteiger partial charge in [0.1, 0.15) is 5.82 Å². The van der Waals surface area contributed by atoms with Gasteiger partial charge in [-0.05, 0) is 31.4 Å². The van der Waals surface area contributed by atoms with E-state index in [9.17, 15) is 13.2 Å². The predicted molar refractivity (Wildman–Crippen MR) is 101 cm³/mol. The zero-order valence-electron chi connectivity index (χ0n) is 15.1. The minimum Gasteiger partial charge on any atom is -0.279 e. The molecule has 1 fully saturated rings. The fourth-order valence-corrected chi connectivity index (χ4v) is 4.53. The quantitative estimate of drug-likeness (QED) is 0.797. The summed E-state index contributed by atoms with van der Waals surface area (Å²) in [6.07, 6.45) is 2.94. The van der Waals surface area contributed by atoms with Crippen molar-refractivity contribution in [3.05, 3.63) is 57.6 Å². The highest BCUT2D eigenvalue weighted by atomic mass is 32.2. The highest BCUT2D eigenvalue weighted by Crippen LogP contribution is 2.28. The summed E-state index contributed by atoms with van der Waals surface area (Å²) < 4.78 is 29.6. The molecule has 1 saturated heterocycles. The Morgan fingerprint density at radius 2 is 1.85 bits per heavy atom. The maximum absolute atomic E-state index is 12.5. The largest absolute Gasteiger partial charge is 0.345 e. The van der Waals surface area contributed by atoms with Gasteiger partial charge < -0.3 is 0 Å². The summed E-state index contributed by atoms with van der Waals surface area (Å²) in [6.45, 7) is 3.35. The zero-order chi connectivity index (χ0) is 18.7. The summed E-state index contributed by atoms with van der Waals surface area (Å²) in [5, 5.41) is 5.62. The van der Waals surface area contributed by atoms with Crippen molar-refractivity contribution in [2.45, 2.75) is 32.2 Å². The second-order valence-electron chi connectivity index (χ2n) is 6.44. The molecule has 0 N–H and O–H groups in total. The van der Waals surface area contributed by atoms with Crippen molar-refractivity contribution in [2.75, 3.05) is 13.1 Å². The standard InChI is InChI=1S/C18H24N4O3S/c1-3-22-17(19-20(2)18(22)23)16-9-12-21(13-10-16)26(24,25)14-11-15-7-5-4-6-8-15/h4-8,11,14,16H,3,9-10,12-13H2,1-2H3/b14-11+. The summed E-state index contributed by atoms with van der Waals surface area (Å²) >= 11 is 0. The van der Waals surface area contributed by atoms with E-state index in [0.717, 1.165) is 11.4 Å². The van der Waals surface area contributed by atoms with Gasteiger partial charge in [-0.2, -0.15) is 9.40 Å². The molecule has 0 bridgehead atoms. The molecule has 0 atom stereocenters. The van der Waals surface area contributed by atoms with Crippen LogP contribution >= 0.6 is 0 Å². The maximum atomic E-state index is 12.5. The molecule has 0 spiro atoms. The normalized spacial score (nSPS) is 17.2. The van der Waals surface area contributed by atoms with Crippen LogP contribution in [0.2, 0.25) is 0 Å². The minimum atomic E-state index is -3.45. The van der Waals surface area contributed by atoms with E-state index >= 15 is 0 Å². The number of rotatable bonds is 5. The lowest BCUT2D eigenvalue weighted by Crippen LogP contribution is -2.37. The number of sulfonamides is 1. The van der Waals surface area contributed by atoms with Crippen molar-refractivity contribution in [2.24, 2.45) is 7.05 Å². The number of benzene rings is 1. The summed E-state index contributed by atoms with van der Waals surface area (Å²) in [4.78, 5) is 12.1. The van der Waals surface area contributed by atoms with Gasteiger partial charge >= 0.3 is 5.69 Å². The summed E-state index contributed by atoms with van der Waals surface area (Å²) in [7, 11) is -1.80. The van der Waals surface area contributed by atoms with Crippen LogP contribution in [0.4, 0.5) is 0 Å². The van der Waals surface area contributed by atoms with E-state index in [-0.39, 0.29) is 11.6 Å². The average molecular weight is 376 g/mol. The van der Waals surface area contributed by atoms with E-state index in [1.165, 1.54) is 14.4 Å². The van der Waals surface area contributed by atoms with Crippen molar-refractivity contribution >= 4 is 16.1 Å². The molecular formula is C18H24N4O3S. The van der Waals surface area contributed by atoms with Crippen LogP contribution in [0.25, 0.3) is 6.08 Å². The molecular weight excluding hydrogens is 352 g/mol. The van der Waals surface area contributed by atoms with Gasteiger partial charge in [-0.15, -0.1) is 0 Å². The van der Waals surface area contributed by atoms with Crippen molar-refractivity contribution in [1.82, 2.24) is 18.7 Å². The molecule has 2 heterocycles. The number of hydrogen-bond donors (Lipinski definition) is 0. The molecule has 1 aromatic carbocycles. The molecule has 7 nitrogen and oxygen atoms in total. The Labute approximate surface area is 153 Å². The van der Waals surface area contributed by atoms with Gasteiger partial charge in [-0.25, -0.2) is 17.9 Å². The van der Waals surface area contributed by atoms with E-state index in [0.29, 0.717) is 32.5 Å². The SMILES string of the molecule is CCn1c(C2CCN(S(=O)(=O)/C=C/c3ccccc3)CC2)nn(C)c1=O. The Balaban J connectivity index is 1.69. The lowest BCUT2D eigenvalue weighted by atomic mass is 9.97. The predicted octanol–water partition coefficient (Wildman–Crippen LogP) is 1.78. The van der Waals surface area contributed by atoms with Gasteiger partial charge in [-0.3, -0.25) is 4.57 Å². The highest BCUT2D eigenvalue weighted by Gasteiger charge is 2.30. The lowest BCUT2D eigenvalue weighted by Gasteiger charge is -2.29. The number of hydrogen-bond acceptors (Lipinski definition) is 4. The molecule has 0 radical (unpaired) electrons. The van der Waals surface area contributed by atoms with Gasteiger partial charge in [-0.1, -0.05) is 30.3 Å². The zero-order valence-corrected chi connectivity index (χ0v) is 15.9. The molecule has 1 aromatic heterocycles. The average Bonchev–Trinajstić information content (AvgIpc) is 2.95. The summed E-state index contributed by atoms with van der Waals surface area (Å²) in [5.74, 6) is 0.866. The first-order valence-corrected chi connectivity index (χ1v) is 10.3. The maximum Gasteiger partial charge on any atom is 0.345 e. The van der Waals surface area contributed by atoms with Crippen LogP contribution in [-0.4, -0.2) is 40.2 Å². The van der Waals surface area contributed by atoms with Gasteiger partial charge in [0.2, 0.25) is 10.0 Å². The third-order valence-electron chi connectivity index (χ3n) is 4.76. The van der Waals surface area contributed by atoms with Crippen LogP contribution in [0.5, 0.6) is 0 Å². The fraction of sp³-hybridized carbons (Fsp3) is 0.444. The lowest BCUT2D eigenvalue weighted by molar-refractivity contribution is 0.311. The van der Waals surface area contributed by atoms with Crippen molar-refractivity contribution in [3.8, 4) is 0 Å². The van der Waals surface area contributed by atoms with Crippen LogP contribution in [0, 0.1) is 0 Å². The topological polar surface area (TPSA) is 77.2 Å². The third kappa shape index (κ3) is 3.81. The number of aryl methyl sites for hydroxylation is 1. The molecule has 0 saturated carbocycles. The van der Waals surface area contributed by atoms with Crippen LogP contribution in [0.15, 0.2) is 40.5 Å². The molecule has 0 unspecified atom stereocenters. The molecule has 1 aliphatic rings. The number of piperidine rings is 1. The first-order chi connectivity index (χ1) is 12.4. The van der Waals surface area contributed by atoms with Gasteiger partial charge in [0.15, 0.2) is 0 Å². The summed E-state index contributed by atoms with van der Waals surface area (Å²) in [6, 6.07) is 9.37. The Morgan fingerprint density at radius 3 is 2.46 bits per heavy atom. The smallest absolute Gasteiger partial charge is 0.279 e. The Bertz CT molecular complexity index is 937. The van der Waals surface area contributed by atoms with Crippen molar-refractivity contribution < 1.29 is 8.42 Å². The van der Waals surface area contributed by atoms with E-state index in [4.69, 9.17) is 0 Å². The third-order valence-corrected chi connectivity index (χ3v) is 6.33. The molecule has 2 aromatic rings. The molecule has 26 heavy (non-hydrogen) atoms. The van der Waals surface area contributed by atoms with Gasteiger partial charge in [0.25, 0.3) is 0 Å². The Kier molecular flexibility index (Phi) is 5.43. The second kappa shape index (κ2) is 7.59. The monoisotopic (exact) mass is 376 g/mol. The molecule has 1 aliphatic heterocycles. The first kappa shape index (κ1) is 18.6. The minimum absolute atomic E-state index is 0.105. The molecule has 8 heteroatoms. The van der Waals surface area contributed by atoms with Crippen LogP contribution in [0.1, 0.15) is 37.1 Å². The molecule has 140 valence electrons. The second-order valence-corrected chi connectivity index (χ2v) is 8.26. The Morgan fingerprint density at radius 1 is 1.19 bits per heavy atom. The first-order valence-electron chi connectivity index (χ1n) is 8.79.